The van der Waals surface area contributed by atoms with Crippen LogP contribution in [0.1, 0.15) is 13.8 Å². The molecule has 0 unspecified atom stereocenters. The molecular formula is C15H19ClF2N2O3. The van der Waals surface area contributed by atoms with E-state index in [-0.39, 0.29) is 29.8 Å². The fourth-order valence-corrected chi connectivity index (χ4v) is 1.72. The van der Waals surface area contributed by atoms with Crippen LogP contribution in [0.3, 0.4) is 0 Å². The number of oxazole rings is 1. The molecule has 0 radical (unpaired) electrons. The minimum absolute atomic E-state index is 0. The highest BCUT2D eigenvalue weighted by Gasteiger charge is 2.15. The van der Waals surface area contributed by atoms with Crippen LogP contribution >= 0.6 is 12.4 Å². The fraction of sp³-hybridized carbons (Fsp3) is 0.400. The predicted molar refractivity (Wildman–Crippen MR) is 85.7 cm³/mol. The molecule has 1 heterocycles. The summed E-state index contributed by atoms with van der Waals surface area (Å²) >= 11 is 0. The number of hydrogen-bond acceptors (Lipinski definition) is 5. The van der Waals surface area contributed by atoms with Crippen LogP contribution < -0.4 is 14.8 Å². The van der Waals surface area contributed by atoms with Gasteiger partial charge in [0.2, 0.25) is 5.89 Å². The average molecular weight is 349 g/mol. The quantitative estimate of drug-likeness (QED) is 0.801. The lowest BCUT2D eigenvalue weighted by atomic mass is 10.2. The first-order valence-corrected chi connectivity index (χ1v) is 6.85. The van der Waals surface area contributed by atoms with E-state index >= 15 is 0 Å². The van der Waals surface area contributed by atoms with Crippen LogP contribution in [0.4, 0.5) is 14.6 Å². The van der Waals surface area contributed by atoms with Crippen molar-refractivity contribution in [2.24, 2.45) is 5.92 Å². The van der Waals surface area contributed by atoms with E-state index in [4.69, 9.17) is 9.15 Å². The van der Waals surface area contributed by atoms with E-state index in [2.05, 4.69) is 15.0 Å². The lowest BCUT2D eigenvalue weighted by molar-refractivity contribution is -0.0515. The molecule has 0 amide bonds. The number of aromatic nitrogens is 1. The van der Waals surface area contributed by atoms with Crippen molar-refractivity contribution in [1.82, 2.24) is 4.98 Å². The first-order chi connectivity index (χ1) is 10.5. The van der Waals surface area contributed by atoms with Gasteiger partial charge in [-0.25, -0.2) is 0 Å². The molecule has 0 aliphatic rings. The molecule has 0 atom stereocenters. The molecule has 8 heteroatoms. The second kappa shape index (κ2) is 8.57. The van der Waals surface area contributed by atoms with Gasteiger partial charge in [-0.05, 0) is 24.1 Å². The number of nitrogens with one attached hydrogen (secondary N) is 1. The number of ether oxygens (including phenoxy) is 2. The highest BCUT2D eigenvalue weighted by Crippen LogP contribution is 2.34. The molecule has 0 bridgehead atoms. The average Bonchev–Trinajstić information content (AvgIpc) is 2.94. The minimum atomic E-state index is -2.91. The van der Waals surface area contributed by atoms with E-state index in [1.807, 2.05) is 13.8 Å². The van der Waals surface area contributed by atoms with Crippen LogP contribution in [0.25, 0.3) is 11.5 Å². The first-order valence-electron chi connectivity index (χ1n) is 6.85. The van der Waals surface area contributed by atoms with E-state index in [0.717, 1.165) is 0 Å². The summed E-state index contributed by atoms with van der Waals surface area (Å²) in [5.74, 6) is 1.41. The standard InChI is InChI=1S/C15H18F2N2O3.ClH/c1-9(2)7-20-12-6-10(4-5-11(12)22-15(16)17)14-19-13(18-3)8-21-14;/h4-6,8-9,15,18H,7H2,1-3H3;1H. The largest absolute Gasteiger partial charge is 0.489 e. The van der Waals surface area contributed by atoms with Crippen molar-refractivity contribution >= 4 is 18.2 Å². The van der Waals surface area contributed by atoms with Gasteiger partial charge < -0.3 is 19.2 Å². The number of hydrogen-bond donors (Lipinski definition) is 1. The third-order valence-corrected chi connectivity index (χ3v) is 2.74. The molecule has 0 spiro atoms. The summed E-state index contributed by atoms with van der Waals surface area (Å²) in [6.07, 6.45) is 1.47. The third-order valence-electron chi connectivity index (χ3n) is 2.74. The SMILES string of the molecule is CNc1coc(-c2ccc(OC(F)F)c(OCC(C)C)c2)n1.Cl. The molecule has 1 aromatic carbocycles. The Balaban J connectivity index is 0.00000264. The molecule has 0 aliphatic carbocycles. The topological polar surface area (TPSA) is 56.5 Å². The molecule has 0 saturated carbocycles. The van der Waals surface area contributed by atoms with Crippen molar-refractivity contribution in [1.29, 1.82) is 0 Å². The van der Waals surface area contributed by atoms with Crippen LogP contribution in [-0.4, -0.2) is 25.3 Å². The predicted octanol–water partition coefficient (Wildman–Crippen LogP) is 4.44. The van der Waals surface area contributed by atoms with E-state index in [1.165, 1.54) is 12.3 Å². The summed E-state index contributed by atoms with van der Waals surface area (Å²) in [4.78, 5) is 4.20. The van der Waals surface area contributed by atoms with E-state index in [0.29, 0.717) is 23.9 Å². The Labute approximate surface area is 139 Å². The summed E-state index contributed by atoms with van der Waals surface area (Å²) in [6.45, 7) is 1.40. The number of benzene rings is 1. The highest BCUT2D eigenvalue weighted by molar-refractivity contribution is 5.85. The van der Waals surface area contributed by atoms with Gasteiger partial charge in [-0.1, -0.05) is 13.8 Å². The van der Waals surface area contributed by atoms with Crippen LogP contribution in [-0.2, 0) is 0 Å². The maximum Gasteiger partial charge on any atom is 0.387 e. The van der Waals surface area contributed by atoms with Crippen molar-refractivity contribution in [2.75, 3.05) is 19.0 Å². The maximum atomic E-state index is 12.5. The normalized spacial score (nSPS) is 10.6. The number of rotatable bonds is 7. The zero-order valence-corrected chi connectivity index (χ0v) is 13.8. The second-order valence-electron chi connectivity index (χ2n) is 5.03. The lowest BCUT2D eigenvalue weighted by Gasteiger charge is -2.14. The molecule has 0 fully saturated rings. The highest BCUT2D eigenvalue weighted by atomic mass is 35.5. The monoisotopic (exact) mass is 348 g/mol. The number of alkyl halides is 2. The third kappa shape index (κ3) is 5.28. The number of halogens is 3. The summed E-state index contributed by atoms with van der Waals surface area (Å²) in [5, 5.41) is 2.85. The molecule has 1 aromatic heterocycles. The summed E-state index contributed by atoms with van der Waals surface area (Å²) in [6, 6.07) is 4.58. The van der Waals surface area contributed by atoms with Gasteiger partial charge in [-0.2, -0.15) is 13.8 Å². The van der Waals surface area contributed by atoms with E-state index < -0.39 is 6.61 Å². The summed E-state index contributed by atoms with van der Waals surface area (Å²) in [5.41, 5.74) is 0.613. The molecular weight excluding hydrogens is 330 g/mol. The Morgan fingerprint density at radius 3 is 2.57 bits per heavy atom. The molecule has 0 aliphatic heterocycles. The molecule has 23 heavy (non-hydrogen) atoms. The smallest absolute Gasteiger partial charge is 0.387 e. The van der Waals surface area contributed by atoms with Crippen LogP contribution in [0.2, 0.25) is 0 Å². The Morgan fingerprint density at radius 2 is 2.00 bits per heavy atom. The summed E-state index contributed by atoms with van der Waals surface area (Å²) < 4.78 is 40.3. The maximum absolute atomic E-state index is 12.5. The number of nitrogens with zero attached hydrogens (tertiary/aromatic N) is 1. The fourth-order valence-electron chi connectivity index (χ4n) is 1.72. The van der Waals surface area contributed by atoms with Crippen LogP contribution in [0, 0.1) is 5.92 Å². The zero-order chi connectivity index (χ0) is 16.1. The Bertz CT molecular complexity index is 621. The second-order valence-corrected chi connectivity index (χ2v) is 5.03. The van der Waals surface area contributed by atoms with Crippen molar-refractivity contribution in [3.63, 3.8) is 0 Å². The number of anilines is 1. The van der Waals surface area contributed by atoms with Gasteiger partial charge in [0, 0.05) is 12.6 Å². The van der Waals surface area contributed by atoms with Gasteiger partial charge in [0.1, 0.15) is 6.26 Å². The van der Waals surface area contributed by atoms with Crippen LogP contribution in [0.15, 0.2) is 28.9 Å². The van der Waals surface area contributed by atoms with Crippen LogP contribution in [0.5, 0.6) is 11.5 Å². The molecule has 2 rings (SSSR count). The van der Waals surface area contributed by atoms with Gasteiger partial charge in [0.05, 0.1) is 6.61 Å². The molecule has 1 N–H and O–H groups in total. The van der Waals surface area contributed by atoms with Gasteiger partial charge in [-0.15, -0.1) is 12.4 Å². The van der Waals surface area contributed by atoms with Gasteiger partial charge in [0.25, 0.3) is 0 Å². The van der Waals surface area contributed by atoms with Crippen molar-refractivity contribution in [2.45, 2.75) is 20.5 Å². The van der Waals surface area contributed by atoms with Crippen molar-refractivity contribution < 1.29 is 22.7 Å². The van der Waals surface area contributed by atoms with E-state index in [1.54, 1.807) is 19.2 Å². The molecule has 0 saturated heterocycles. The van der Waals surface area contributed by atoms with Crippen molar-refractivity contribution in [3.05, 3.63) is 24.5 Å². The van der Waals surface area contributed by atoms with Gasteiger partial charge in [-0.3, -0.25) is 0 Å². The Kier molecular flexibility index (Phi) is 7.09. The molecule has 5 nitrogen and oxygen atoms in total. The lowest BCUT2D eigenvalue weighted by Crippen LogP contribution is -2.08. The van der Waals surface area contributed by atoms with Gasteiger partial charge in [0.15, 0.2) is 17.3 Å². The summed E-state index contributed by atoms with van der Waals surface area (Å²) in [7, 11) is 1.72. The Hall–Kier alpha value is -2.02. The zero-order valence-electron chi connectivity index (χ0n) is 13.0. The Morgan fingerprint density at radius 1 is 1.26 bits per heavy atom. The van der Waals surface area contributed by atoms with Crippen molar-refractivity contribution in [3.8, 4) is 23.0 Å². The molecule has 128 valence electrons. The van der Waals surface area contributed by atoms with E-state index in [9.17, 15) is 8.78 Å². The minimum Gasteiger partial charge on any atom is -0.489 e. The molecule has 2 aromatic rings. The van der Waals surface area contributed by atoms with Gasteiger partial charge >= 0.3 is 6.61 Å². The first kappa shape index (κ1) is 19.0.